The van der Waals surface area contributed by atoms with E-state index in [0.29, 0.717) is 26.7 Å². The van der Waals surface area contributed by atoms with Gasteiger partial charge in [0.05, 0.1) is 10.2 Å². The summed E-state index contributed by atoms with van der Waals surface area (Å²) in [5.74, 6) is 0.461. The van der Waals surface area contributed by atoms with Crippen molar-refractivity contribution < 1.29 is 13.2 Å². The van der Waals surface area contributed by atoms with Gasteiger partial charge in [0.2, 0.25) is 0 Å². The maximum absolute atomic E-state index is 12.9. The lowest BCUT2D eigenvalue weighted by molar-refractivity contribution is -0.137. The minimum Gasteiger partial charge on any atom is -0.235 e. The molecule has 1 fully saturated rings. The maximum Gasteiger partial charge on any atom is 0.443 e. The molecule has 0 bridgehead atoms. The van der Waals surface area contributed by atoms with Gasteiger partial charge < -0.3 is 0 Å². The molecule has 4 aromatic rings. The lowest BCUT2D eigenvalue weighted by atomic mass is 10.1. The minimum atomic E-state index is -4.41. The van der Waals surface area contributed by atoms with E-state index in [1.54, 1.807) is 23.0 Å². The number of fused-ring (bicyclic) bond motifs is 2. The molecular formula is C17H10ClF3N4S. The topological polar surface area (TPSA) is 43.1 Å². The molecule has 0 saturated heterocycles. The van der Waals surface area contributed by atoms with Crippen molar-refractivity contribution in [3.05, 3.63) is 57.9 Å². The Morgan fingerprint density at radius 2 is 2.04 bits per heavy atom. The number of aromatic nitrogens is 4. The van der Waals surface area contributed by atoms with Crippen LogP contribution in [0.3, 0.4) is 0 Å². The number of benzene rings is 1. The van der Waals surface area contributed by atoms with Crippen molar-refractivity contribution >= 4 is 38.8 Å². The second kappa shape index (κ2) is 5.40. The minimum absolute atomic E-state index is 0.229. The summed E-state index contributed by atoms with van der Waals surface area (Å²) in [6.45, 7) is 0. The second-order valence-corrected chi connectivity index (χ2v) is 7.73. The predicted molar refractivity (Wildman–Crippen MR) is 92.7 cm³/mol. The number of halogens is 4. The zero-order chi connectivity index (χ0) is 18.1. The normalized spacial score (nSPS) is 20.2. The largest absolute Gasteiger partial charge is 0.443 e. The molecule has 9 heteroatoms. The van der Waals surface area contributed by atoms with E-state index in [0.717, 1.165) is 23.2 Å². The Bertz CT molecular complexity index is 1150. The second-order valence-electron chi connectivity index (χ2n) is 6.31. The van der Waals surface area contributed by atoms with Crippen molar-refractivity contribution in [2.24, 2.45) is 0 Å². The van der Waals surface area contributed by atoms with Crippen LogP contribution in [0, 0.1) is 0 Å². The molecule has 0 aliphatic heterocycles. The Kier molecular flexibility index (Phi) is 3.33. The van der Waals surface area contributed by atoms with Gasteiger partial charge >= 0.3 is 6.18 Å². The average Bonchev–Trinajstić information content (AvgIpc) is 3.01. The van der Waals surface area contributed by atoms with Gasteiger partial charge in [-0.1, -0.05) is 17.7 Å². The standard InChI is InChI=1S/C17H10ClF3N4S/c18-14-7-11(15-22-3-4-25(15)24-14)10-6-9(10)8-1-2-12-13(5-8)26-16(23-12)17(19,20)21/h1-5,7,9-10H,6H2/t9-,10?/m1/s1. The van der Waals surface area contributed by atoms with E-state index in [9.17, 15) is 13.2 Å². The van der Waals surface area contributed by atoms with Gasteiger partial charge in [0.15, 0.2) is 10.7 Å². The van der Waals surface area contributed by atoms with Crippen molar-refractivity contribution in [3.8, 4) is 0 Å². The molecule has 0 amide bonds. The Hall–Kier alpha value is -2.19. The van der Waals surface area contributed by atoms with Crippen molar-refractivity contribution in [2.75, 3.05) is 0 Å². The van der Waals surface area contributed by atoms with Crippen molar-refractivity contribution in [1.82, 2.24) is 19.6 Å². The average molecular weight is 395 g/mol. The van der Waals surface area contributed by atoms with Crippen molar-refractivity contribution in [1.29, 1.82) is 0 Å². The van der Waals surface area contributed by atoms with Gasteiger partial charge in [-0.05, 0) is 42.0 Å². The number of imidazole rings is 1. The fraction of sp³-hybridized carbons (Fsp3) is 0.235. The summed E-state index contributed by atoms with van der Waals surface area (Å²) in [4.78, 5) is 8.02. The van der Waals surface area contributed by atoms with E-state index in [2.05, 4.69) is 15.1 Å². The molecule has 1 aliphatic carbocycles. The molecule has 1 aromatic carbocycles. The SMILES string of the molecule is FC(F)(F)c1nc2ccc([C@H]3CC3c3cc(Cl)nn4ccnc34)cc2s1. The predicted octanol–water partition coefficient (Wildman–Crippen LogP) is 5.28. The summed E-state index contributed by atoms with van der Waals surface area (Å²) in [5.41, 5.74) is 3.17. The Morgan fingerprint density at radius 1 is 1.19 bits per heavy atom. The number of nitrogens with zero attached hydrogens (tertiary/aromatic N) is 4. The molecule has 3 aromatic heterocycles. The Balaban J connectivity index is 1.50. The highest BCUT2D eigenvalue weighted by Gasteiger charge is 2.42. The first-order chi connectivity index (χ1) is 12.4. The summed E-state index contributed by atoms with van der Waals surface area (Å²) in [5, 5.41) is 3.76. The number of hydrogen-bond donors (Lipinski definition) is 0. The van der Waals surface area contributed by atoms with Crippen LogP contribution in [0.5, 0.6) is 0 Å². The van der Waals surface area contributed by atoms with Gasteiger partial charge in [0, 0.05) is 18.0 Å². The fourth-order valence-corrected chi connectivity index (χ4v) is 4.46. The van der Waals surface area contributed by atoms with E-state index >= 15 is 0 Å². The fourth-order valence-electron chi connectivity index (χ4n) is 3.38. The lowest BCUT2D eigenvalue weighted by Gasteiger charge is -2.04. The lowest BCUT2D eigenvalue weighted by Crippen LogP contribution is -2.03. The Labute approximate surface area is 154 Å². The zero-order valence-corrected chi connectivity index (χ0v) is 14.6. The number of rotatable bonds is 2. The van der Waals surface area contributed by atoms with Crippen LogP contribution in [-0.4, -0.2) is 19.6 Å². The van der Waals surface area contributed by atoms with E-state index in [-0.39, 0.29) is 11.8 Å². The monoisotopic (exact) mass is 394 g/mol. The number of hydrogen-bond acceptors (Lipinski definition) is 4. The molecular weight excluding hydrogens is 385 g/mol. The van der Waals surface area contributed by atoms with Crippen LogP contribution in [0.2, 0.25) is 5.15 Å². The summed E-state index contributed by atoms with van der Waals surface area (Å²) in [7, 11) is 0. The quantitative estimate of drug-likeness (QED) is 0.464. The number of alkyl halides is 3. The molecule has 1 aliphatic rings. The van der Waals surface area contributed by atoms with Gasteiger partial charge in [-0.25, -0.2) is 14.5 Å². The molecule has 0 radical (unpaired) electrons. The highest BCUT2D eigenvalue weighted by Crippen LogP contribution is 2.56. The molecule has 0 spiro atoms. The third-order valence-electron chi connectivity index (χ3n) is 4.63. The van der Waals surface area contributed by atoms with Crippen LogP contribution in [0.1, 0.15) is 34.4 Å². The smallest absolute Gasteiger partial charge is 0.235 e. The molecule has 3 heterocycles. The molecule has 5 rings (SSSR count). The molecule has 26 heavy (non-hydrogen) atoms. The summed E-state index contributed by atoms with van der Waals surface area (Å²) in [6, 6.07) is 7.16. The molecule has 2 atom stereocenters. The highest BCUT2D eigenvalue weighted by atomic mass is 35.5. The van der Waals surface area contributed by atoms with Crippen LogP contribution >= 0.6 is 22.9 Å². The molecule has 132 valence electrons. The summed E-state index contributed by atoms with van der Waals surface area (Å²) in [6.07, 6.45) is -0.100. The maximum atomic E-state index is 12.9. The number of thiazole rings is 1. The highest BCUT2D eigenvalue weighted by molar-refractivity contribution is 7.18. The van der Waals surface area contributed by atoms with Crippen LogP contribution in [-0.2, 0) is 6.18 Å². The Morgan fingerprint density at radius 3 is 2.85 bits per heavy atom. The van der Waals surface area contributed by atoms with Crippen LogP contribution in [0.15, 0.2) is 36.7 Å². The van der Waals surface area contributed by atoms with E-state index in [1.807, 2.05) is 18.2 Å². The summed E-state index contributed by atoms with van der Waals surface area (Å²) >= 11 is 6.78. The van der Waals surface area contributed by atoms with Crippen LogP contribution in [0.25, 0.3) is 15.9 Å². The third kappa shape index (κ3) is 2.55. The van der Waals surface area contributed by atoms with Crippen LogP contribution in [0.4, 0.5) is 13.2 Å². The van der Waals surface area contributed by atoms with Crippen molar-refractivity contribution in [2.45, 2.75) is 24.4 Å². The third-order valence-corrected chi connectivity index (χ3v) is 5.88. The van der Waals surface area contributed by atoms with Crippen LogP contribution < -0.4 is 0 Å². The van der Waals surface area contributed by atoms with Gasteiger partial charge in [-0.2, -0.15) is 18.3 Å². The van der Waals surface area contributed by atoms with Gasteiger partial charge in [-0.15, -0.1) is 11.3 Å². The first-order valence-corrected chi connectivity index (χ1v) is 9.07. The van der Waals surface area contributed by atoms with Crippen molar-refractivity contribution in [3.63, 3.8) is 0 Å². The first kappa shape index (κ1) is 16.0. The summed E-state index contributed by atoms with van der Waals surface area (Å²) < 4.78 is 40.8. The molecule has 0 N–H and O–H groups in total. The van der Waals surface area contributed by atoms with E-state index in [4.69, 9.17) is 11.6 Å². The first-order valence-electron chi connectivity index (χ1n) is 7.87. The molecule has 1 saturated carbocycles. The van der Waals surface area contributed by atoms with Gasteiger partial charge in [0.25, 0.3) is 0 Å². The van der Waals surface area contributed by atoms with E-state index in [1.165, 1.54) is 0 Å². The van der Waals surface area contributed by atoms with Gasteiger partial charge in [-0.3, -0.25) is 0 Å². The van der Waals surface area contributed by atoms with E-state index < -0.39 is 11.2 Å². The molecule has 4 nitrogen and oxygen atoms in total. The molecule has 1 unspecified atom stereocenters. The zero-order valence-electron chi connectivity index (χ0n) is 13.0. The van der Waals surface area contributed by atoms with Gasteiger partial charge in [0.1, 0.15) is 5.15 Å².